The van der Waals surface area contributed by atoms with Gasteiger partial charge in [-0.15, -0.1) is 0 Å². The van der Waals surface area contributed by atoms with E-state index in [-0.39, 0.29) is 36.2 Å². The molecule has 0 bridgehead atoms. The van der Waals surface area contributed by atoms with Crippen molar-refractivity contribution in [2.24, 2.45) is 0 Å². The molecule has 2 N–H and O–H groups in total. The first-order chi connectivity index (χ1) is 14.0. The molecule has 0 atom stereocenters. The summed E-state index contributed by atoms with van der Waals surface area (Å²) in [5.74, 6) is 0. The molecule has 0 heterocycles. The Kier molecular flexibility index (Phi) is 6.76. The summed E-state index contributed by atoms with van der Waals surface area (Å²) < 4.78 is 54.9. The van der Waals surface area contributed by atoms with Crippen LogP contribution in [0.25, 0.3) is 0 Å². The van der Waals surface area contributed by atoms with E-state index in [1.165, 1.54) is 60.7 Å². The van der Waals surface area contributed by atoms with Crippen LogP contribution in [0.15, 0.2) is 70.5 Å². The topological polar surface area (TPSA) is 92.3 Å². The molecule has 0 saturated heterocycles. The minimum Gasteiger partial charge on any atom is -0.280 e. The van der Waals surface area contributed by atoms with Crippen molar-refractivity contribution in [3.8, 4) is 0 Å². The number of hydrogen-bond acceptors (Lipinski definition) is 4. The highest BCUT2D eigenvalue weighted by Crippen LogP contribution is 2.29. The number of benzene rings is 3. The average molecular weight is 526 g/mol. The summed E-state index contributed by atoms with van der Waals surface area (Å²) in [6.45, 7) is 0. The summed E-state index contributed by atoms with van der Waals surface area (Å²) in [6, 6.07) is 13.4. The van der Waals surface area contributed by atoms with Crippen LogP contribution in [0.4, 0.5) is 11.4 Å². The molecule has 6 nitrogen and oxygen atoms in total. The Bertz CT molecular complexity index is 1310. The Labute approximate surface area is 193 Å². The number of hydrogen-bond donors (Lipinski definition) is 2. The second kappa shape index (κ2) is 8.82. The lowest BCUT2D eigenvalue weighted by atomic mass is 10.3. The molecule has 0 saturated carbocycles. The molecule has 0 unspecified atom stereocenters. The van der Waals surface area contributed by atoms with E-state index in [1.807, 2.05) is 0 Å². The van der Waals surface area contributed by atoms with Crippen LogP contribution in [0.2, 0.25) is 20.1 Å². The fraction of sp³-hybridized carbons (Fsp3) is 0. The minimum absolute atomic E-state index is 0.00450. The van der Waals surface area contributed by atoms with Crippen LogP contribution in [0.3, 0.4) is 0 Å². The molecule has 3 aromatic rings. The van der Waals surface area contributed by atoms with Gasteiger partial charge in [0, 0.05) is 15.7 Å². The maximum atomic E-state index is 12.6. The lowest BCUT2D eigenvalue weighted by Crippen LogP contribution is -2.15. The van der Waals surface area contributed by atoms with Gasteiger partial charge in [-0.2, -0.15) is 0 Å². The first kappa shape index (κ1) is 23.0. The number of nitrogens with one attached hydrogen (secondary N) is 2. The molecular formula is C18H12Cl4N2O4S2. The smallest absolute Gasteiger partial charge is 0.263 e. The Morgan fingerprint density at radius 3 is 1.83 bits per heavy atom. The van der Waals surface area contributed by atoms with Gasteiger partial charge >= 0.3 is 0 Å². The summed E-state index contributed by atoms with van der Waals surface area (Å²) in [7, 11) is -8.00. The zero-order valence-electron chi connectivity index (χ0n) is 14.7. The molecule has 0 radical (unpaired) electrons. The molecular weight excluding hydrogens is 514 g/mol. The molecule has 0 fully saturated rings. The first-order valence-corrected chi connectivity index (χ1v) is 12.5. The standard InChI is InChI=1S/C18H12Cl4N2O4S2/c19-11-2-8-17(16(22)9-11)24-29(25,26)14-5-3-13(4-6-14)23-30(27,28)18-10-12(20)1-7-15(18)21/h1-10,23-24H. The predicted molar refractivity (Wildman–Crippen MR) is 121 cm³/mol. The van der Waals surface area contributed by atoms with Crippen molar-refractivity contribution in [1.82, 2.24) is 0 Å². The summed E-state index contributed by atoms with van der Waals surface area (Å²) in [6.07, 6.45) is 0. The van der Waals surface area contributed by atoms with E-state index in [9.17, 15) is 16.8 Å². The highest BCUT2D eigenvalue weighted by molar-refractivity contribution is 7.93. The van der Waals surface area contributed by atoms with Crippen LogP contribution < -0.4 is 9.44 Å². The van der Waals surface area contributed by atoms with E-state index < -0.39 is 20.0 Å². The molecule has 0 aliphatic rings. The second-order valence-electron chi connectivity index (χ2n) is 5.93. The van der Waals surface area contributed by atoms with Gasteiger partial charge in [-0.1, -0.05) is 46.4 Å². The van der Waals surface area contributed by atoms with Gasteiger partial charge in [-0.25, -0.2) is 16.8 Å². The molecule has 12 heteroatoms. The normalized spacial score (nSPS) is 11.9. The molecule has 30 heavy (non-hydrogen) atoms. The number of rotatable bonds is 6. The Morgan fingerprint density at radius 2 is 1.20 bits per heavy atom. The van der Waals surface area contributed by atoms with Crippen molar-refractivity contribution in [2.45, 2.75) is 9.79 Å². The van der Waals surface area contributed by atoms with E-state index in [1.54, 1.807) is 0 Å². The fourth-order valence-corrected chi connectivity index (χ4v) is 5.79. The first-order valence-electron chi connectivity index (χ1n) is 8.04. The molecule has 0 spiro atoms. The lowest BCUT2D eigenvalue weighted by molar-refractivity contribution is 0.600. The van der Waals surface area contributed by atoms with Gasteiger partial charge < -0.3 is 0 Å². The van der Waals surface area contributed by atoms with Gasteiger partial charge in [-0.05, 0) is 60.7 Å². The monoisotopic (exact) mass is 524 g/mol. The fourth-order valence-electron chi connectivity index (χ4n) is 2.37. The van der Waals surface area contributed by atoms with Crippen LogP contribution in [0, 0.1) is 0 Å². The third-order valence-corrected chi connectivity index (χ3v) is 7.80. The molecule has 3 rings (SSSR count). The number of anilines is 2. The lowest BCUT2D eigenvalue weighted by Gasteiger charge is -2.12. The van der Waals surface area contributed by atoms with E-state index in [2.05, 4.69) is 9.44 Å². The van der Waals surface area contributed by atoms with Gasteiger partial charge in [0.2, 0.25) is 0 Å². The van der Waals surface area contributed by atoms with Crippen LogP contribution in [0.1, 0.15) is 0 Å². The average Bonchev–Trinajstić information content (AvgIpc) is 2.66. The zero-order chi connectivity index (χ0) is 22.1. The second-order valence-corrected chi connectivity index (χ2v) is 11.0. The largest absolute Gasteiger partial charge is 0.280 e. The van der Waals surface area contributed by atoms with Crippen LogP contribution >= 0.6 is 46.4 Å². The molecule has 0 aliphatic heterocycles. The number of halogens is 4. The molecule has 0 aliphatic carbocycles. The molecule has 3 aromatic carbocycles. The van der Waals surface area contributed by atoms with Crippen molar-refractivity contribution < 1.29 is 16.8 Å². The quantitative estimate of drug-likeness (QED) is 0.419. The minimum atomic E-state index is -4.03. The van der Waals surface area contributed by atoms with E-state index in [4.69, 9.17) is 46.4 Å². The van der Waals surface area contributed by atoms with Crippen molar-refractivity contribution >= 4 is 77.8 Å². The third kappa shape index (κ3) is 5.32. The van der Waals surface area contributed by atoms with Crippen LogP contribution in [0.5, 0.6) is 0 Å². The Hall–Kier alpha value is -1.68. The Morgan fingerprint density at radius 1 is 0.600 bits per heavy atom. The van der Waals surface area contributed by atoms with Gasteiger partial charge in [0.05, 0.1) is 20.6 Å². The van der Waals surface area contributed by atoms with E-state index in [0.717, 1.165) is 0 Å². The highest BCUT2D eigenvalue weighted by atomic mass is 35.5. The van der Waals surface area contributed by atoms with Gasteiger partial charge in [-0.3, -0.25) is 9.44 Å². The van der Waals surface area contributed by atoms with Crippen LogP contribution in [-0.2, 0) is 20.0 Å². The molecule has 0 amide bonds. The van der Waals surface area contributed by atoms with Gasteiger partial charge in [0.1, 0.15) is 4.90 Å². The van der Waals surface area contributed by atoms with Crippen molar-refractivity contribution in [1.29, 1.82) is 0 Å². The summed E-state index contributed by atoms with van der Waals surface area (Å²) in [5, 5.41) is 0.691. The van der Waals surface area contributed by atoms with Crippen LogP contribution in [-0.4, -0.2) is 16.8 Å². The predicted octanol–water partition coefficient (Wildman–Crippen LogP) is 5.90. The molecule has 0 aromatic heterocycles. The zero-order valence-corrected chi connectivity index (χ0v) is 19.4. The van der Waals surface area contributed by atoms with Crippen molar-refractivity contribution in [3.05, 3.63) is 80.8 Å². The van der Waals surface area contributed by atoms with E-state index in [0.29, 0.717) is 5.02 Å². The summed E-state index contributed by atoms with van der Waals surface area (Å²) >= 11 is 23.6. The Balaban J connectivity index is 1.82. The van der Waals surface area contributed by atoms with Crippen molar-refractivity contribution in [3.63, 3.8) is 0 Å². The maximum absolute atomic E-state index is 12.6. The van der Waals surface area contributed by atoms with E-state index >= 15 is 0 Å². The highest BCUT2D eigenvalue weighted by Gasteiger charge is 2.20. The summed E-state index contributed by atoms with van der Waals surface area (Å²) in [4.78, 5) is -0.301. The van der Waals surface area contributed by atoms with Crippen molar-refractivity contribution in [2.75, 3.05) is 9.44 Å². The third-order valence-electron chi connectivity index (χ3n) is 3.78. The summed E-state index contributed by atoms with van der Waals surface area (Å²) in [5.41, 5.74) is 0.288. The molecule has 158 valence electrons. The maximum Gasteiger partial charge on any atom is 0.263 e. The van der Waals surface area contributed by atoms with Gasteiger partial charge in [0.15, 0.2) is 0 Å². The number of sulfonamides is 2. The van der Waals surface area contributed by atoms with Gasteiger partial charge in [0.25, 0.3) is 20.0 Å². The SMILES string of the molecule is O=S(=O)(Nc1ccc(Cl)cc1Cl)c1ccc(NS(=O)(=O)c2cc(Cl)ccc2Cl)cc1.